The van der Waals surface area contributed by atoms with Crippen LogP contribution in [-0.2, 0) is 17.8 Å². The number of aromatic carboxylic acids is 1. The lowest BCUT2D eigenvalue weighted by molar-refractivity contribution is -0.130. The Hall–Kier alpha value is -2.82. The van der Waals surface area contributed by atoms with Crippen LogP contribution in [-0.4, -0.2) is 36.0 Å². The number of carboxylic acid groups (broad SMARTS) is 1. The van der Waals surface area contributed by atoms with Gasteiger partial charge in [0.15, 0.2) is 0 Å². The Bertz CT molecular complexity index is 710. The van der Waals surface area contributed by atoms with E-state index in [9.17, 15) is 14.7 Å². The Morgan fingerprint density at radius 1 is 1.08 bits per heavy atom. The molecular weight excluding hydrogens is 306 g/mol. The molecule has 0 fully saturated rings. The molecule has 0 atom stereocenters. The number of hydrogen-bond donors (Lipinski definition) is 1. The summed E-state index contributed by atoms with van der Waals surface area (Å²) < 4.78 is 5.11. The number of ether oxygens (including phenoxy) is 1. The van der Waals surface area contributed by atoms with Gasteiger partial charge in [-0.15, -0.1) is 0 Å². The van der Waals surface area contributed by atoms with Crippen molar-refractivity contribution in [3.63, 3.8) is 0 Å². The topological polar surface area (TPSA) is 66.8 Å². The van der Waals surface area contributed by atoms with Gasteiger partial charge in [-0.2, -0.15) is 0 Å². The van der Waals surface area contributed by atoms with Crippen LogP contribution in [0.2, 0.25) is 0 Å². The average Bonchev–Trinajstić information content (AvgIpc) is 2.60. The van der Waals surface area contributed by atoms with Gasteiger partial charge in [0.2, 0.25) is 5.91 Å². The Morgan fingerprint density at radius 2 is 1.75 bits per heavy atom. The lowest BCUT2D eigenvalue weighted by Gasteiger charge is -2.18. The number of aryl methyl sites for hydroxylation is 1. The molecule has 2 aromatic rings. The van der Waals surface area contributed by atoms with Gasteiger partial charge in [0.1, 0.15) is 5.75 Å². The summed E-state index contributed by atoms with van der Waals surface area (Å²) in [5, 5.41) is 9.17. The molecule has 0 aliphatic carbocycles. The summed E-state index contributed by atoms with van der Waals surface area (Å²) in [7, 11) is 3.36. The van der Waals surface area contributed by atoms with Crippen LogP contribution in [0.15, 0.2) is 48.5 Å². The van der Waals surface area contributed by atoms with Crippen molar-refractivity contribution in [1.82, 2.24) is 4.90 Å². The summed E-state index contributed by atoms with van der Waals surface area (Å²) in [4.78, 5) is 25.1. The van der Waals surface area contributed by atoms with Crippen molar-refractivity contribution in [3.8, 4) is 5.75 Å². The number of carbonyl (C=O) groups excluding carboxylic acids is 1. The smallest absolute Gasteiger partial charge is 0.335 e. The highest BCUT2D eigenvalue weighted by Gasteiger charge is 2.13. The first-order valence-corrected chi connectivity index (χ1v) is 7.69. The standard InChI is InChI=1S/C19H21NO4/c1-20(13-14-7-10-16(24-2)11-8-14)18(21)12-9-15-5-3-4-6-17(15)19(22)23/h3-8,10-11H,9,12-13H2,1-2H3,(H,22,23). The van der Waals surface area contributed by atoms with Crippen molar-refractivity contribution in [2.24, 2.45) is 0 Å². The summed E-state index contributed by atoms with van der Waals surface area (Å²) in [6, 6.07) is 14.3. The number of nitrogens with zero attached hydrogens (tertiary/aromatic N) is 1. The quantitative estimate of drug-likeness (QED) is 0.849. The zero-order valence-electron chi connectivity index (χ0n) is 13.9. The zero-order valence-corrected chi connectivity index (χ0v) is 13.9. The monoisotopic (exact) mass is 327 g/mol. The Balaban J connectivity index is 1.93. The van der Waals surface area contributed by atoms with Crippen LogP contribution in [0.3, 0.4) is 0 Å². The predicted octanol–water partition coefficient (Wildman–Crippen LogP) is 2.98. The Labute approximate surface area is 141 Å². The van der Waals surface area contributed by atoms with Crippen LogP contribution in [0.25, 0.3) is 0 Å². The van der Waals surface area contributed by atoms with E-state index in [1.54, 1.807) is 43.3 Å². The maximum absolute atomic E-state index is 12.3. The number of methoxy groups -OCH3 is 1. The lowest BCUT2D eigenvalue weighted by Crippen LogP contribution is -2.26. The summed E-state index contributed by atoms with van der Waals surface area (Å²) in [6.07, 6.45) is 0.686. The molecule has 24 heavy (non-hydrogen) atoms. The molecule has 0 aliphatic rings. The van der Waals surface area contributed by atoms with Crippen molar-refractivity contribution >= 4 is 11.9 Å². The molecule has 126 valence electrons. The van der Waals surface area contributed by atoms with Gasteiger partial charge in [-0.25, -0.2) is 4.79 Å². The van der Waals surface area contributed by atoms with Crippen LogP contribution in [0, 0.1) is 0 Å². The van der Waals surface area contributed by atoms with Crippen LogP contribution in [0.1, 0.15) is 27.9 Å². The van der Waals surface area contributed by atoms with E-state index < -0.39 is 5.97 Å². The third-order valence-electron chi connectivity index (χ3n) is 3.86. The van der Waals surface area contributed by atoms with Gasteiger partial charge in [0.25, 0.3) is 0 Å². The van der Waals surface area contributed by atoms with Gasteiger partial charge in [0.05, 0.1) is 12.7 Å². The van der Waals surface area contributed by atoms with Gasteiger partial charge in [-0.1, -0.05) is 30.3 Å². The molecule has 0 bridgehead atoms. The minimum absolute atomic E-state index is 0.0222. The first-order chi connectivity index (χ1) is 11.5. The molecule has 0 saturated heterocycles. The molecule has 0 heterocycles. The van der Waals surface area contributed by atoms with Gasteiger partial charge in [-0.3, -0.25) is 4.79 Å². The molecule has 1 amide bonds. The first-order valence-electron chi connectivity index (χ1n) is 7.69. The van der Waals surface area contributed by atoms with Crippen molar-refractivity contribution in [3.05, 3.63) is 65.2 Å². The van der Waals surface area contributed by atoms with Crippen LogP contribution >= 0.6 is 0 Å². The summed E-state index contributed by atoms with van der Waals surface area (Å²) in [5.41, 5.74) is 1.94. The fourth-order valence-corrected chi connectivity index (χ4v) is 2.47. The fourth-order valence-electron chi connectivity index (χ4n) is 2.47. The van der Waals surface area contributed by atoms with Crippen LogP contribution in [0.5, 0.6) is 5.75 Å². The van der Waals surface area contributed by atoms with Gasteiger partial charge in [0, 0.05) is 20.0 Å². The molecule has 1 N–H and O–H groups in total. The molecular formula is C19H21NO4. The fraction of sp³-hybridized carbons (Fsp3) is 0.263. The van der Waals surface area contributed by atoms with E-state index in [1.807, 2.05) is 24.3 Å². The van der Waals surface area contributed by atoms with E-state index in [0.29, 0.717) is 18.5 Å². The molecule has 0 aliphatic heterocycles. The molecule has 0 unspecified atom stereocenters. The van der Waals surface area contributed by atoms with Gasteiger partial charge in [-0.05, 0) is 35.7 Å². The highest BCUT2D eigenvalue weighted by Crippen LogP contribution is 2.14. The van der Waals surface area contributed by atoms with Crippen molar-refractivity contribution < 1.29 is 19.4 Å². The second kappa shape index (κ2) is 8.15. The molecule has 0 saturated carbocycles. The molecule has 2 rings (SSSR count). The third-order valence-corrected chi connectivity index (χ3v) is 3.86. The van der Waals surface area contributed by atoms with E-state index >= 15 is 0 Å². The van der Waals surface area contributed by atoms with E-state index in [4.69, 9.17) is 4.74 Å². The van der Waals surface area contributed by atoms with Crippen molar-refractivity contribution in [1.29, 1.82) is 0 Å². The molecule has 0 aromatic heterocycles. The van der Waals surface area contributed by atoms with Crippen molar-refractivity contribution in [2.75, 3.05) is 14.2 Å². The minimum atomic E-state index is -0.968. The average molecular weight is 327 g/mol. The van der Waals surface area contributed by atoms with Crippen LogP contribution in [0.4, 0.5) is 0 Å². The largest absolute Gasteiger partial charge is 0.497 e. The SMILES string of the molecule is COc1ccc(CN(C)C(=O)CCc2ccccc2C(=O)O)cc1. The number of rotatable bonds is 7. The number of carbonyl (C=O) groups is 2. The second-order valence-corrected chi connectivity index (χ2v) is 5.56. The predicted molar refractivity (Wildman–Crippen MR) is 91.2 cm³/mol. The normalized spacial score (nSPS) is 10.2. The summed E-state index contributed by atoms with van der Waals surface area (Å²) in [6.45, 7) is 0.503. The van der Waals surface area contributed by atoms with E-state index in [2.05, 4.69) is 0 Å². The number of hydrogen-bond acceptors (Lipinski definition) is 3. The molecule has 5 nitrogen and oxygen atoms in total. The maximum atomic E-state index is 12.3. The summed E-state index contributed by atoms with van der Waals surface area (Å²) in [5.74, 6) is -0.214. The molecule has 0 spiro atoms. The molecule has 5 heteroatoms. The van der Waals surface area contributed by atoms with Gasteiger partial charge >= 0.3 is 5.97 Å². The maximum Gasteiger partial charge on any atom is 0.335 e. The Morgan fingerprint density at radius 3 is 2.38 bits per heavy atom. The first kappa shape index (κ1) is 17.5. The van der Waals surface area contributed by atoms with E-state index in [0.717, 1.165) is 11.3 Å². The van der Waals surface area contributed by atoms with Gasteiger partial charge < -0.3 is 14.7 Å². The molecule has 0 radical (unpaired) electrons. The molecule has 2 aromatic carbocycles. The lowest BCUT2D eigenvalue weighted by atomic mass is 10.0. The zero-order chi connectivity index (χ0) is 17.5. The second-order valence-electron chi connectivity index (χ2n) is 5.56. The third kappa shape index (κ3) is 4.59. The van der Waals surface area contributed by atoms with E-state index in [-0.39, 0.29) is 17.9 Å². The minimum Gasteiger partial charge on any atom is -0.497 e. The number of benzene rings is 2. The summed E-state index contributed by atoms with van der Waals surface area (Å²) >= 11 is 0. The number of amides is 1. The highest BCUT2D eigenvalue weighted by molar-refractivity contribution is 5.89. The van der Waals surface area contributed by atoms with Crippen molar-refractivity contribution in [2.45, 2.75) is 19.4 Å². The van der Waals surface area contributed by atoms with E-state index in [1.165, 1.54) is 0 Å². The highest BCUT2D eigenvalue weighted by atomic mass is 16.5. The van der Waals surface area contributed by atoms with Crippen LogP contribution < -0.4 is 4.74 Å². The number of carboxylic acids is 1. The Kier molecular flexibility index (Phi) is 5.95.